The number of fused-ring (bicyclic) bond motifs is 1. The fraction of sp³-hybridized carbons (Fsp3) is 0.440. The average molecular weight is 826 g/mol. The van der Waals surface area contributed by atoms with Crippen molar-refractivity contribution in [2.75, 3.05) is 59.0 Å². The Hall–Kier alpha value is -5.20. The summed E-state index contributed by atoms with van der Waals surface area (Å²) in [4.78, 5) is 42.9. The molecular weight excluding hydrogens is 763 g/mol. The number of amides is 2. The van der Waals surface area contributed by atoms with Crippen molar-refractivity contribution in [2.45, 2.75) is 76.1 Å². The first-order chi connectivity index (χ1) is 29.9. The fourth-order valence-electron chi connectivity index (χ4n) is 8.79. The number of nitrogens with zero attached hydrogens (tertiary/aromatic N) is 5. The second-order valence-corrected chi connectivity index (χ2v) is 16.8. The van der Waals surface area contributed by atoms with Crippen LogP contribution < -0.4 is 15.4 Å². The number of benzene rings is 3. The lowest BCUT2D eigenvalue weighted by Gasteiger charge is -2.39. The van der Waals surface area contributed by atoms with Gasteiger partial charge in [-0.15, -0.1) is 0 Å². The van der Waals surface area contributed by atoms with E-state index in [0.29, 0.717) is 19.5 Å². The molecule has 322 valence electrons. The summed E-state index contributed by atoms with van der Waals surface area (Å²) in [5, 5.41) is 18.6. The lowest BCUT2D eigenvalue weighted by Crippen LogP contribution is -2.56. The molecule has 0 bridgehead atoms. The number of aromatic nitrogens is 2. The van der Waals surface area contributed by atoms with E-state index in [1.165, 1.54) is 11.1 Å². The number of pyridine rings is 2. The van der Waals surface area contributed by atoms with E-state index < -0.39 is 6.10 Å². The van der Waals surface area contributed by atoms with Gasteiger partial charge in [0, 0.05) is 88.2 Å². The first kappa shape index (κ1) is 43.9. The van der Waals surface area contributed by atoms with E-state index in [1.807, 2.05) is 42.6 Å². The smallest absolute Gasteiger partial charge is 0.235 e. The topological polar surface area (TPSA) is 123 Å². The number of hydrogen-bond donors (Lipinski definition) is 3. The molecule has 0 saturated carbocycles. The summed E-state index contributed by atoms with van der Waals surface area (Å²) in [6, 6.07) is 35.0. The highest BCUT2D eigenvalue weighted by Gasteiger charge is 2.31. The predicted octanol–water partition coefficient (Wildman–Crippen LogP) is 5.91. The monoisotopic (exact) mass is 825 g/mol. The van der Waals surface area contributed by atoms with Gasteiger partial charge >= 0.3 is 0 Å². The highest BCUT2D eigenvalue weighted by atomic mass is 16.5. The summed E-state index contributed by atoms with van der Waals surface area (Å²) in [5.41, 5.74) is 4.60. The molecule has 4 heterocycles. The Kier molecular flexibility index (Phi) is 16.6. The molecular formula is C50H63N7O4. The van der Waals surface area contributed by atoms with Gasteiger partial charge in [0.25, 0.3) is 0 Å². The number of carbonyl (C=O) groups is 2. The molecule has 2 aliphatic rings. The molecule has 7 rings (SSSR count). The molecule has 2 aromatic heterocycles. The van der Waals surface area contributed by atoms with Crippen LogP contribution in [-0.2, 0) is 28.9 Å². The van der Waals surface area contributed by atoms with E-state index in [1.54, 1.807) is 12.4 Å². The van der Waals surface area contributed by atoms with Crippen molar-refractivity contribution in [3.05, 3.63) is 138 Å². The number of aliphatic hydroxyl groups is 1. The van der Waals surface area contributed by atoms with Crippen LogP contribution in [0, 0.1) is 5.92 Å². The molecule has 2 amide bonds. The summed E-state index contributed by atoms with van der Waals surface area (Å²) < 4.78 is 6.00. The first-order valence-corrected chi connectivity index (χ1v) is 22.3. The van der Waals surface area contributed by atoms with Gasteiger partial charge in [0.2, 0.25) is 11.8 Å². The molecule has 2 saturated heterocycles. The summed E-state index contributed by atoms with van der Waals surface area (Å²) >= 11 is 0. The number of nitrogens with one attached hydrogen (secondary N) is 2. The van der Waals surface area contributed by atoms with Gasteiger partial charge in [-0.05, 0) is 98.4 Å². The molecule has 0 radical (unpaired) electrons. The van der Waals surface area contributed by atoms with Gasteiger partial charge in [-0.2, -0.15) is 0 Å². The molecule has 0 unspecified atom stereocenters. The van der Waals surface area contributed by atoms with Crippen molar-refractivity contribution >= 4 is 22.7 Å². The molecule has 0 aliphatic carbocycles. The van der Waals surface area contributed by atoms with Gasteiger partial charge in [-0.1, -0.05) is 72.8 Å². The van der Waals surface area contributed by atoms with E-state index in [2.05, 4.69) is 102 Å². The molecule has 11 heteroatoms. The number of aryl methyl sites for hydroxylation is 2. The number of hydrogen-bond acceptors (Lipinski definition) is 9. The zero-order valence-electron chi connectivity index (χ0n) is 35.5. The minimum atomic E-state index is -0.637. The molecule has 2 atom stereocenters. The maximum atomic E-state index is 13.8. The summed E-state index contributed by atoms with van der Waals surface area (Å²) in [7, 11) is 0. The van der Waals surface area contributed by atoms with Crippen LogP contribution >= 0.6 is 0 Å². The van der Waals surface area contributed by atoms with Crippen LogP contribution in [-0.4, -0.2) is 119 Å². The van der Waals surface area contributed by atoms with E-state index in [4.69, 9.17) is 4.74 Å². The Balaban J connectivity index is 0.864. The molecule has 3 aromatic carbocycles. The third-order valence-electron chi connectivity index (χ3n) is 12.2. The Morgan fingerprint density at radius 2 is 1.38 bits per heavy atom. The van der Waals surface area contributed by atoms with Crippen molar-refractivity contribution in [1.29, 1.82) is 0 Å². The van der Waals surface area contributed by atoms with Crippen LogP contribution in [0.3, 0.4) is 0 Å². The van der Waals surface area contributed by atoms with Crippen LogP contribution in [0.25, 0.3) is 10.9 Å². The standard InChI is InChI=1S/C50H63N7O4/c58-44(38-61-47-23-9-22-46-45(47)21-11-27-52-46)36-55-30-32-56(33-31-55)37-49(59)54-48(34-41-18-10-26-51-35-41)57-28-24-42(25-29-57)50(60)53-43(19-7-16-39-12-3-1-4-13-39)20-8-17-40-14-5-2-6-15-40/h1-6,9-15,18,21-23,26-27,35,42-44,48,58H,7-8,16-17,19-20,24-25,28-34,36-38H2,(H,53,60)(H,54,59)/t44-,48-/m1/s1. The highest BCUT2D eigenvalue weighted by Crippen LogP contribution is 2.24. The zero-order valence-corrected chi connectivity index (χ0v) is 35.5. The number of carbonyl (C=O) groups excluding carboxylic acids is 2. The van der Waals surface area contributed by atoms with Gasteiger partial charge in [0.05, 0.1) is 18.2 Å². The number of piperidine rings is 1. The van der Waals surface area contributed by atoms with Crippen molar-refractivity contribution < 1.29 is 19.4 Å². The predicted molar refractivity (Wildman–Crippen MR) is 241 cm³/mol. The maximum Gasteiger partial charge on any atom is 0.235 e. The maximum absolute atomic E-state index is 13.8. The van der Waals surface area contributed by atoms with Crippen LogP contribution in [0.5, 0.6) is 5.75 Å². The number of aliphatic hydroxyl groups excluding tert-OH is 1. The summed E-state index contributed by atoms with van der Waals surface area (Å²) in [6.45, 7) is 5.49. The third kappa shape index (κ3) is 13.9. The van der Waals surface area contributed by atoms with Crippen molar-refractivity contribution in [2.24, 2.45) is 5.92 Å². The van der Waals surface area contributed by atoms with Gasteiger partial charge in [-0.3, -0.25) is 34.3 Å². The van der Waals surface area contributed by atoms with E-state index >= 15 is 0 Å². The van der Waals surface area contributed by atoms with Gasteiger partial charge < -0.3 is 20.5 Å². The molecule has 11 nitrogen and oxygen atoms in total. The molecule has 5 aromatic rings. The lowest BCUT2D eigenvalue weighted by molar-refractivity contribution is -0.129. The summed E-state index contributed by atoms with van der Waals surface area (Å²) in [5.74, 6) is 0.831. The van der Waals surface area contributed by atoms with Crippen LogP contribution in [0.2, 0.25) is 0 Å². The van der Waals surface area contributed by atoms with Crippen molar-refractivity contribution in [3.8, 4) is 5.75 Å². The molecule has 61 heavy (non-hydrogen) atoms. The molecule has 2 fully saturated rings. The van der Waals surface area contributed by atoms with Crippen LogP contribution in [0.15, 0.2) is 122 Å². The van der Waals surface area contributed by atoms with E-state index in [0.717, 1.165) is 113 Å². The first-order valence-electron chi connectivity index (χ1n) is 22.3. The van der Waals surface area contributed by atoms with Gasteiger partial charge in [0.1, 0.15) is 18.5 Å². The zero-order chi connectivity index (χ0) is 42.1. The molecule has 3 N–H and O–H groups in total. The number of ether oxygens (including phenoxy) is 1. The normalized spacial score (nSPS) is 16.6. The number of piperazine rings is 1. The fourth-order valence-corrected chi connectivity index (χ4v) is 8.79. The second-order valence-electron chi connectivity index (χ2n) is 16.8. The molecule has 0 spiro atoms. The van der Waals surface area contributed by atoms with Crippen LogP contribution in [0.1, 0.15) is 55.2 Å². The van der Waals surface area contributed by atoms with Crippen LogP contribution in [0.4, 0.5) is 0 Å². The third-order valence-corrected chi connectivity index (χ3v) is 12.2. The van der Waals surface area contributed by atoms with Crippen molar-refractivity contribution in [1.82, 2.24) is 35.3 Å². The lowest BCUT2D eigenvalue weighted by atomic mass is 9.93. The summed E-state index contributed by atoms with van der Waals surface area (Å²) in [6.07, 6.45) is 12.7. The van der Waals surface area contributed by atoms with E-state index in [-0.39, 0.29) is 36.5 Å². The number of rotatable bonds is 21. The SMILES string of the molecule is O=C(CN1CCN(C[C@@H](O)COc2cccc3ncccc23)CC1)N[C@@H](Cc1cccnc1)N1CCC(C(=O)NC(CCCc2ccccc2)CCCc2ccccc2)CC1. The van der Waals surface area contributed by atoms with Gasteiger partial charge in [-0.25, -0.2) is 0 Å². The number of likely N-dealkylation sites (tertiary alicyclic amines) is 1. The largest absolute Gasteiger partial charge is 0.490 e. The Morgan fingerprint density at radius 1 is 0.721 bits per heavy atom. The highest BCUT2D eigenvalue weighted by molar-refractivity contribution is 5.84. The Labute approximate surface area is 361 Å². The number of β-amino-alcohol motifs (C(OH)–C–C–N with tert-alkyl or cyclic N) is 1. The quantitative estimate of drug-likeness (QED) is 0.0829. The molecule has 2 aliphatic heterocycles. The minimum absolute atomic E-state index is 0.00549. The Morgan fingerprint density at radius 3 is 2.05 bits per heavy atom. The second kappa shape index (κ2) is 23.1. The average Bonchev–Trinajstić information content (AvgIpc) is 3.30. The van der Waals surface area contributed by atoms with E-state index in [9.17, 15) is 14.7 Å². The van der Waals surface area contributed by atoms with Gasteiger partial charge in [0.15, 0.2) is 0 Å². The Bertz CT molecular complexity index is 2010. The van der Waals surface area contributed by atoms with Crippen molar-refractivity contribution in [3.63, 3.8) is 0 Å². The minimum Gasteiger partial charge on any atom is -0.490 e.